The van der Waals surface area contributed by atoms with E-state index in [0.717, 1.165) is 25.5 Å². The summed E-state index contributed by atoms with van der Waals surface area (Å²) in [5, 5.41) is 16.1. The number of aromatic hydroxyl groups is 1. The normalized spacial score (nSPS) is 11.1. The first-order chi connectivity index (χ1) is 16.9. The second-order valence-corrected chi connectivity index (χ2v) is 9.12. The van der Waals surface area contributed by atoms with Gasteiger partial charge in [0.15, 0.2) is 11.5 Å². The molecule has 0 unspecified atom stereocenters. The van der Waals surface area contributed by atoms with Crippen LogP contribution in [0.15, 0.2) is 77.9 Å². The highest BCUT2D eigenvalue weighted by atomic mass is 127. The number of phenols is 1. The van der Waals surface area contributed by atoms with Gasteiger partial charge in [-0.05, 0) is 82.6 Å². The van der Waals surface area contributed by atoms with Crippen LogP contribution < -0.4 is 14.9 Å². The molecule has 0 radical (unpaired) electrons. The molecule has 178 valence electrons. The van der Waals surface area contributed by atoms with Crippen LogP contribution in [0, 0.1) is 10.5 Å². The number of aryl methyl sites for hydroxylation is 1. The van der Waals surface area contributed by atoms with Gasteiger partial charge in [0.25, 0.3) is 5.91 Å². The minimum Gasteiger partial charge on any atom is -0.507 e. The van der Waals surface area contributed by atoms with E-state index in [1.807, 2.05) is 68.4 Å². The molecular formula is C28H25IN2O4. The Morgan fingerprint density at radius 2 is 1.80 bits per heavy atom. The first-order valence-corrected chi connectivity index (χ1v) is 12.2. The summed E-state index contributed by atoms with van der Waals surface area (Å²) in [5.41, 5.74) is 5.64. The van der Waals surface area contributed by atoms with Crippen LogP contribution in [0.2, 0.25) is 0 Å². The molecule has 4 aromatic carbocycles. The van der Waals surface area contributed by atoms with Crippen LogP contribution in [0.1, 0.15) is 34.0 Å². The molecule has 4 rings (SSSR count). The van der Waals surface area contributed by atoms with Crippen LogP contribution in [-0.4, -0.2) is 23.8 Å². The smallest absolute Gasteiger partial charge is 0.275 e. The summed E-state index contributed by atoms with van der Waals surface area (Å²) < 4.78 is 12.8. The molecule has 0 aliphatic rings. The maximum absolute atomic E-state index is 12.6. The monoisotopic (exact) mass is 580 g/mol. The summed E-state index contributed by atoms with van der Waals surface area (Å²) >= 11 is 2.20. The number of carbonyl (C=O) groups excluding carboxylic acids is 1. The third-order valence-corrected chi connectivity index (χ3v) is 6.09. The second-order valence-electron chi connectivity index (χ2n) is 7.96. The third kappa shape index (κ3) is 6.10. The van der Waals surface area contributed by atoms with Crippen molar-refractivity contribution in [2.24, 2.45) is 5.10 Å². The van der Waals surface area contributed by atoms with Gasteiger partial charge in [-0.1, -0.05) is 54.1 Å². The van der Waals surface area contributed by atoms with Gasteiger partial charge in [0.1, 0.15) is 12.4 Å². The molecule has 0 aromatic heterocycles. The number of rotatable bonds is 8. The standard InChI is InChI=1S/C28H25IN2O4/c1-3-34-26-13-20(12-24(29)27(26)35-17-19-8-6-7-18(2)11-19)16-30-31-28(33)23-14-21-9-4-5-10-22(21)15-25(23)32/h4-16,32H,3,17H2,1-2H3,(H,31,33). The number of fused-ring (bicyclic) bond motifs is 1. The van der Waals surface area contributed by atoms with Crippen molar-refractivity contribution < 1.29 is 19.4 Å². The average Bonchev–Trinajstić information content (AvgIpc) is 2.83. The Morgan fingerprint density at radius 3 is 2.54 bits per heavy atom. The Labute approximate surface area is 217 Å². The Kier molecular flexibility index (Phi) is 7.87. The van der Waals surface area contributed by atoms with Crippen molar-refractivity contribution in [3.05, 3.63) is 98.6 Å². The Morgan fingerprint density at radius 1 is 1.03 bits per heavy atom. The van der Waals surface area contributed by atoms with Crippen LogP contribution in [0.25, 0.3) is 10.8 Å². The lowest BCUT2D eigenvalue weighted by atomic mass is 10.1. The van der Waals surface area contributed by atoms with Gasteiger partial charge in [-0.2, -0.15) is 5.10 Å². The van der Waals surface area contributed by atoms with E-state index in [1.165, 1.54) is 11.8 Å². The number of phenolic OH excluding ortho intramolecular Hbond substituents is 1. The van der Waals surface area contributed by atoms with Crippen LogP contribution in [0.5, 0.6) is 17.2 Å². The van der Waals surface area contributed by atoms with E-state index in [4.69, 9.17) is 9.47 Å². The first-order valence-electron chi connectivity index (χ1n) is 11.1. The minimum absolute atomic E-state index is 0.0975. The van der Waals surface area contributed by atoms with Gasteiger partial charge >= 0.3 is 0 Å². The number of benzene rings is 4. The van der Waals surface area contributed by atoms with E-state index in [2.05, 4.69) is 39.2 Å². The fourth-order valence-corrected chi connectivity index (χ4v) is 4.44. The lowest BCUT2D eigenvalue weighted by molar-refractivity contribution is 0.0952. The Balaban J connectivity index is 1.49. The molecule has 0 atom stereocenters. The lowest BCUT2D eigenvalue weighted by Gasteiger charge is -2.15. The molecule has 0 spiro atoms. The van der Waals surface area contributed by atoms with Crippen LogP contribution in [0.4, 0.5) is 0 Å². The SMILES string of the molecule is CCOc1cc(C=NNC(=O)c2cc3ccccc3cc2O)cc(I)c1OCc1cccc(C)c1. The predicted octanol–water partition coefficient (Wildman–Crippen LogP) is 6.20. The molecular weight excluding hydrogens is 555 g/mol. The highest BCUT2D eigenvalue weighted by Gasteiger charge is 2.14. The van der Waals surface area contributed by atoms with Gasteiger partial charge < -0.3 is 14.6 Å². The highest BCUT2D eigenvalue weighted by Crippen LogP contribution is 2.34. The topological polar surface area (TPSA) is 80.2 Å². The van der Waals surface area contributed by atoms with Gasteiger partial charge in [0.2, 0.25) is 0 Å². The van der Waals surface area contributed by atoms with E-state index in [1.54, 1.807) is 12.1 Å². The fourth-order valence-electron chi connectivity index (χ4n) is 3.66. The fraction of sp³-hybridized carbons (Fsp3) is 0.143. The number of hydrogen-bond acceptors (Lipinski definition) is 5. The molecule has 4 aromatic rings. The molecule has 0 fully saturated rings. The third-order valence-electron chi connectivity index (χ3n) is 5.29. The van der Waals surface area contributed by atoms with Crippen molar-refractivity contribution in [1.29, 1.82) is 0 Å². The summed E-state index contributed by atoms with van der Waals surface area (Å²) in [5.74, 6) is 0.672. The van der Waals surface area contributed by atoms with Crippen molar-refractivity contribution >= 4 is 45.5 Å². The number of amides is 1. The minimum atomic E-state index is -0.498. The maximum atomic E-state index is 12.6. The average molecular weight is 580 g/mol. The number of hydrazone groups is 1. The predicted molar refractivity (Wildman–Crippen MR) is 147 cm³/mol. The van der Waals surface area contributed by atoms with Crippen molar-refractivity contribution in [2.45, 2.75) is 20.5 Å². The van der Waals surface area contributed by atoms with Crippen LogP contribution in [0.3, 0.4) is 0 Å². The van der Waals surface area contributed by atoms with Gasteiger partial charge in [0.05, 0.1) is 22.0 Å². The number of carbonyl (C=O) groups is 1. The van der Waals surface area contributed by atoms with E-state index >= 15 is 0 Å². The highest BCUT2D eigenvalue weighted by molar-refractivity contribution is 14.1. The van der Waals surface area contributed by atoms with Crippen LogP contribution in [-0.2, 0) is 6.61 Å². The molecule has 0 aliphatic heterocycles. The number of nitrogens with zero attached hydrogens (tertiary/aromatic N) is 1. The zero-order chi connectivity index (χ0) is 24.8. The van der Waals surface area contributed by atoms with Crippen molar-refractivity contribution in [3.8, 4) is 17.2 Å². The van der Waals surface area contributed by atoms with Crippen molar-refractivity contribution in [2.75, 3.05) is 6.61 Å². The second kappa shape index (κ2) is 11.2. The zero-order valence-electron chi connectivity index (χ0n) is 19.4. The summed E-state index contributed by atoms with van der Waals surface area (Å²) in [6, 6.07) is 22.6. The molecule has 2 N–H and O–H groups in total. The molecule has 0 heterocycles. The quantitative estimate of drug-likeness (QED) is 0.148. The van der Waals surface area contributed by atoms with E-state index in [-0.39, 0.29) is 11.3 Å². The number of halogens is 1. The van der Waals surface area contributed by atoms with E-state index < -0.39 is 5.91 Å². The van der Waals surface area contributed by atoms with E-state index in [9.17, 15) is 9.90 Å². The lowest BCUT2D eigenvalue weighted by Crippen LogP contribution is -2.17. The summed E-state index contributed by atoms with van der Waals surface area (Å²) in [7, 11) is 0. The molecule has 1 amide bonds. The van der Waals surface area contributed by atoms with Gasteiger partial charge in [-0.25, -0.2) is 5.43 Å². The van der Waals surface area contributed by atoms with Crippen LogP contribution >= 0.6 is 22.6 Å². The first kappa shape index (κ1) is 24.5. The van der Waals surface area contributed by atoms with E-state index in [0.29, 0.717) is 24.7 Å². The summed E-state index contributed by atoms with van der Waals surface area (Å²) in [6.45, 7) is 4.87. The molecule has 0 aliphatic carbocycles. The molecule has 0 bridgehead atoms. The maximum Gasteiger partial charge on any atom is 0.275 e. The van der Waals surface area contributed by atoms with Crippen molar-refractivity contribution in [3.63, 3.8) is 0 Å². The molecule has 35 heavy (non-hydrogen) atoms. The number of ether oxygens (including phenoxy) is 2. The Bertz CT molecular complexity index is 1400. The zero-order valence-corrected chi connectivity index (χ0v) is 21.6. The molecule has 0 saturated heterocycles. The van der Waals surface area contributed by atoms with Gasteiger partial charge in [-0.15, -0.1) is 0 Å². The summed E-state index contributed by atoms with van der Waals surface area (Å²) in [4.78, 5) is 12.6. The van der Waals surface area contributed by atoms with Gasteiger partial charge in [-0.3, -0.25) is 4.79 Å². The molecule has 6 nitrogen and oxygen atoms in total. The van der Waals surface area contributed by atoms with Gasteiger partial charge in [0, 0.05) is 0 Å². The number of nitrogens with one attached hydrogen (secondary N) is 1. The largest absolute Gasteiger partial charge is 0.507 e. The number of hydrogen-bond donors (Lipinski definition) is 2. The molecule has 7 heteroatoms. The molecule has 0 saturated carbocycles. The Hall–Kier alpha value is -3.59. The summed E-state index contributed by atoms with van der Waals surface area (Å²) in [6.07, 6.45) is 1.53. The van der Waals surface area contributed by atoms with Crippen molar-refractivity contribution in [1.82, 2.24) is 5.43 Å².